The van der Waals surface area contributed by atoms with Crippen molar-refractivity contribution in [3.05, 3.63) is 93.9 Å². The summed E-state index contributed by atoms with van der Waals surface area (Å²) in [5.74, 6) is -0.260. The fourth-order valence-corrected chi connectivity index (χ4v) is 6.24. The number of hydrogen-bond donors (Lipinski definition) is 1. The van der Waals surface area contributed by atoms with E-state index in [9.17, 15) is 26.4 Å². The van der Waals surface area contributed by atoms with Crippen LogP contribution in [0.5, 0.6) is 0 Å². The summed E-state index contributed by atoms with van der Waals surface area (Å²) in [6, 6.07) is 13.8. The van der Waals surface area contributed by atoms with Crippen molar-refractivity contribution in [2.75, 3.05) is 18.0 Å². The number of halogens is 3. The number of rotatable bonds is 8. The number of benzene rings is 1. The van der Waals surface area contributed by atoms with Crippen LogP contribution < -0.4 is 9.62 Å². The molecule has 41 heavy (non-hydrogen) atoms. The zero-order chi connectivity index (χ0) is 29.4. The molecule has 1 saturated heterocycles. The number of carbonyl (C=O) groups is 1. The summed E-state index contributed by atoms with van der Waals surface area (Å²) in [7, 11) is -4.18. The molecule has 0 spiro atoms. The molecule has 3 aromatic heterocycles. The third-order valence-electron chi connectivity index (χ3n) is 6.53. The molecule has 8 nitrogen and oxygen atoms in total. The number of aromatic nitrogens is 2. The molecular weight excluding hydrogens is 577 g/mol. The number of ether oxygens (including phenoxy) is 1. The Kier molecular flexibility index (Phi) is 7.62. The summed E-state index contributed by atoms with van der Waals surface area (Å²) in [4.78, 5) is 22.9. The maximum atomic E-state index is 13.1. The van der Waals surface area contributed by atoms with Crippen LogP contribution >= 0.6 is 11.3 Å². The second-order valence-electron chi connectivity index (χ2n) is 9.96. The summed E-state index contributed by atoms with van der Waals surface area (Å²) < 4.78 is 72.8. The highest BCUT2D eigenvalue weighted by Gasteiger charge is 2.41. The van der Waals surface area contributed by atoms with Crippen LogP contribution in [0.1, 0.15) is 33.3 Å². The van der Waals surface area contributed by atoms with Gasteiger partial charge in [-0.1, -0.05) is 23.8 Å². The van der Waals surface area contributed by atoms with Gasteiger partial charge in [0.1, 0.15) is 11.4 Å². The molecule has 13 heteroatoms. The molecule has 1 fully saturated rings. The van der Waals surface area contributed by atoms with Crippen molar-refractivity contribution in [2.24, 2.45) is 0 Å². The number of nitrogens with one attached hydrogen (secondary N) is 1. The maximum absolute atomic E-state index is 13.1. The number of nitrogens with zero attached hydrogens (tertiary/aromatic N) is 3. The number of anilines is 1. The van der Waals surface area contributed by atoms with Crippen molar-refractivity contribution in [2.45, 2.75) is 37.1 Å². The molecule has 4 aromatic rings. The molecule has 0 bridgehead atoms. The number of carbonyl (C=O) groups excluding carboxylic acids is 1. The van der Waals surface area contributed by atoms with Crippen molar-refractivity contribution < 1.29 is 31.1 Å². The van der Waals surface area contributed by atoms with Gasteiger partial charge in [0, 0.05) is 31.0 Å². The largest absolute Gasteiger partial charge is 0.417 e. The Morgan fingerprint density at radius 1 is 1.10 bits per heavy atom. The fraction of sp³-hybridized carbons (Fsp3) is 0.250. The lowest BCUT2D eigenvalue weighted by atomic mass is 9.96. The molecule has 0 radical (unpaired) electrons. The van der Waals surface area contributed by atoms with Crippen LogP contribution in [0.3, 0.4) is 0 Å². The highest BCUT2D eigenvalue weighted by atomic mass is 32.2. The van der Waals surface area contributed by atoms with Crippen molar-refractivity contribution in [3.63, 3.8) is 0 Å². The number of aryl methyl sites for hydroxylation is 1. The fourth-order valence-electron chi connectivity index (χ4n) is 4.40. The second kappa shape index (κ2) is 10.9. The maximum Gasteiger partial charge on any atom is 0.417 e. The Hall–Kier alpha value is -3.81. The van der Waals surface area contributed by atoms with Gasteiger partial charge in [-0.2, -0.15) is 13.2 Å². The first-order chi connectivity index (χ1) is 19.3. The van der Waals surface area contributed by atoms with Gasteiger partial charge in [0.15, 0.2) is 0 Å². The summed E-state index contributed by atoms with van der Waals surface area (Å²) in [6.45, 7) is 4.88. The summed E-state index contributed by atoms with van der Waals surface area (Å²) in [6.07, 6.45) is -2.02. The standard InChI is InChI=1S/C28H25F3N4O4S2/c1-18-5-9-24(41(37,38)34-26(36)23-4-3-11-40-23)21(12-18)22-8-6-19(13-32-22)15-39-27(2)16-35(17-27)25-10-7-20(14-33-25)28(29,30)31/h3-14H,15-17H2,1-2H3,(H,34,36). The van der Waals surface area contributed by atoms with Gasteiger partial charge in [0.2, 0.25) is 0 Å². The number of sulfonamides is 1. The van der Waals surface area contributed by atoms with Crippen LogP contribution in [0.25, 0.3) is 11.3 Å². The Labute approximate surface area is 238 Å². The molecule has 0 atom stereocenters. The number of hydrogen-bond acceptors (Lipinski definition) is 8. The number of pyridine rings is 2. The highest BCUT2D eigenvalue weighted by molar-refractivity contribution is 7.90. The Bertz CT molecular complexity index is 1650. The molecule has 5 rings (SSSR count). The number of alkyl halides is 3. The third-order valence-corrected chi connectivity index (χ3v) is 8.79. The molecule has 1 aliphatic rings. The van der Waals surface area contributed by atoms with E-state index in [0.717, 1.165) is 34.7 Å². The van der Waals surface area contributed by atoms with Gasteiger partial charge < -0.3 is 9.64 Å². The van der Waals surface area contributed by atoms with Crippen LogP contribution in [0.2, 0.25) is 0 Å². The summed E-state index contributed by atoms with van der Waals surface area (Å²) >= 11 is 1.14. The van der Waals surface area contributed by atoms with Gasteiger partial charge in [-0.05, 0) is 61.2 Å². The van der Waals surface area contributed by atoms with E-state index in [1.807, 2.05) is 18.7 Å². The summed E-state index contributed by atoms with van der Waals surface area (Å²) in [5, 5.41) is 1.69. The van der Waals surface area contributed by atoms with Crippen LogP contribution in [0.4, 0.5) is 19.0 Å². The van der Waals surface area contributed by atoms with Crippen molar-refractivity contribution in [1.82, 2.24) is 14.7 Å². The predicted molar refractivity (Wildman–Crippen MR) is 148 cm³/mol. The SMILES string of the molecule is Cc1ccc(S(=O)(=O)NC(=O)c2cccs2)c(-c2ccc(COC3(C)CN(c4ccc(C(F)(F)F)cn4)C3)cn2)c1. The zero-order valence-corrected chi connectivity index (χ0v) is 23.6. The molecule has 0 saturated carbocycles. The minimum Gasteiger partial charge on any atom is -0.367 e. The van der Waals surface area contributed by atoms with E-state index in [2.05, 4.69) is 14.7 Å². The molecule has 4 heterocycles. The normalized spacial score (nSPS) is 14.9. The number of thiophene rings is 1. The average molecular weight is 603 g/mol. The first-order valence-corrected chi connectivity index (χ1v) is 14.8. The first-order valence-electron chi connectivity index (χ1n) is 12.4. The average Bonchev–Trinajstić information content (AvgIpc) is 3.45. The monoisotopic (exact) mass is 602 g/mol. The lowest BCUT2D eigenvalue weighted by molar-refractivity contribution is -0.137. The molecule has 0 unspecified atom stereocenters. The Balaban J connectivity index is 1.24. The van der Waals surface area contributed by atoms with Gasteiger partial charge in [0.05, 0.1) is 27.6 Å². The van der Waals surface area contributed by atoms with Gasteiger partial charge in [-0.15, -0.1) is 11.3 Å². The van der Waals surface area contributed by atoms with E-state index in [1.54, 1.807) is 48.0 Å². The van der Waals surface area contributed by atoms with Crippen molar-refractivity contribution >= 4 is 33.1 Å². The zero-order valence-electron chi connectivity index (χ0n) is 22.0. The lowest BCUT2D eigenvalue weighted by Crippen LogP contribution is -2.61. The molecule has 1 aromatic carbocycles. The van der Waals surface area contributed by atoms with Gasteiger partial charge >= 0.3 is 6.18 Å². The van der Waals surface area contributed by atoms with Crippen molar-refractivity contribution in [3.8, 4) is 11.3 Å². The third kappa shape index (κ3) is 6.42. The van der Waals surface area contributed by atoms with Gasteiger partial charge in [-0.3, -0.25) is 9.78 Å². The van der Waals surface area contributed by atoms with Crippen LogP contribution in [0.15, 0.2) is 77.3 Å². The van der Waals surface area contributed by atoms with E-state index in [1.165, 1.54) is 12.1 Å². The van der Waals surface area contributed by atoms with Crippen LogP contribution in [-0.2, 0) is 27.5 Å². The first kappa shape index (κ1) is 28.7. The molecule has 0 aliphatic carbocycles. The van der Waals surface area contributed by atoms with Crippen molar-refractivity contribution in [1.29, 1.82) is 0 Å². The topological polar surface area (TPSA) is 101 Å². The smallest absolute Gasteiger partial charge is 0.367 e. The summed E-state index contributed by atoms with van der Waals surface area (Å²) in [5.41, 5.74) is 1.02. The number of amides is 1. The molecular formula is C28H25F3N4O4S2. The molecule has 1 amide bonds. The Morgan fingerprint density at radius 2 is 1.88 bits per heavy atom. The van der Waals surface area contributed by atoms with Gasteiger partial charge in [-0.25, -0.2) is 18.1 Å². The highest BCUT2D eigenvalue weighted by Crippen LogP contribution is 2.33. The molecule has 214 valence electrons. The second-order valence-corrected chi connectivity index (χ2v) is 12.6. The Morgan fingerprint density at radius 3 is 2.49 bits per heavy atom. The quantitative estimate of drug-likeness (QED) is 0.286. The van der Waals surface area contributed by atoms with Crippen LogP contribution in [-0.4, -0.2) is 43.0 Å². The minimum absolute atomic E-state index is 0.0662. The minimum atomic E-state index is -4.43. The van der Waals surface area contributed by atoms with Crippen LogP contribution in [0, 0.1) is 6.92 Å². The predicted octanol–water partition coefficient (Wildman–Crippen LogP) is 5.45. The van der Waals surface area contributed by atoms with E-state index < -0.39 is 33.3 Å². The van der Waals surface area contributed by atoms with E-state index in [4.69, 9.17) is 4.74 Å². The van der Waals surface area contributed by atoms with Gasteiger partial charge in [0.25, 0.3) is 15.9 Å². The van der Waals surface area contributed by atoms with E-state index >= 15 is 0 Å². The molecule has 1 aliphatic heterocycles. The van der Waals surface area contributed by atoms with E-state index in [-0.39, 0.29) is 16.4 Å². The van der Waals surface area contributed by atoms with E-state index in [0.29, 0.717) is 30.2 Å². The molecule has 1 N–H and O–H groups in total. The lowest BCUT2D eigenvalue weighted by Gasteiger charge is -2.48.